The zero-order valence-corrected chi connectivity index (χ0v) is 20.4. The molecular weight excluding hydrogens is 470 g/mol. The maximum atomic E-state index is 14.6. The molecule has 2 heterocycles. The van der Waals surface area contributed by atoms with Crippen LogP contribution in [0.5, 0.6) is 0 Å². The number of carbonyl (C=O) groups is 2. The lowest BCUT2D eigenvalue weighted by Gasteiger charge is -2.20. The van der Waals surface area contributed by atoms with Crippen molar-refractivity contribution in [3.05, 3.63) is 34.7 Å². The number of ether oxygens (including phenoxy) is 4. The quantitative estimate of drug-likeness (QED) is 0.366. The molecule has 1 aromatic rings. The van der Waals surface area contributed by atoms with Crippen molar-refractivity contribution >= 4 is 17.9 Å². The molecule has 1 aliphatic heterocycles. The standard InChI is InChI=1S/C22H32F2N4O7/c1-6-8-16(32-7-2)26-15-9-10-28(19(30)27-15)18-22(23,24)11-14(34-18)13-33-17(29)12-25-20(31)35-21(3,4)5/h8-10,14,18H,6-7,11-13H2,1-5H3,(H,25,31)(H,26,27,30)/b16-8+. The van der Waals surface area contributed by atoms with Gasteiger partial charge in [-0.1, -0.05) is 6.92 Å². The Morgan fingerprint density at radius 2 is 2.03 bits per heavy atom. The van der Waals surface area contributed by atoms with Crippen LogP contribution in [0.1, 0.15) is 53.7 Å². The van der Waals surface area contributed by atoms with Crippen LogP contribution < -0.4 is 16.3 Å². The van der Waals surface area contributed by atoms with Crippen molar-refractivity contribution in [2.45, 2.75) is 71.3 Å². The second-order valence-electron chi connectivity index (χ2n) is 8.65. The molecule has 0 aliphatic carbocycles. The van der Waals surface area contributed by atoms with E-state index in [1.807, 2.05) is 6.92 Å². The van der Waals surface area contributed by atoms with E-state index < -0.39 is 61.2 Å². The number of esters is 1. The lowest BCUT2D eigenvalue weighted by Crippen LogP contribution is -2.36. The number of nitrogens with one attached hydrogen (secondary N) is 2. The van der Waals surface area contributed by atoms with Gasteiger partial charge in [0, 0.05) is 12.6 Å². The summed E-state index contributed by atoms with van der Waals surface area (Å²) >= 11 is 0. The van der Waals surface area contributed by atoms with E-state index in [-0.39, 0.29) is 5.82 Å². The van der Waals surface area contributed by atoms with Gasteiger partial charge in [-0.3, -0.25) is 9.36 Å². The molecule has 2 unspecified atom stereocenters. The lowest BCUT2D eigenvalue weighted by atomic mass is 10.2. The predicted molar refractivity (Wildman–Crippen MR) is 121 cm³/mol. The molecule has 196 valence electrons. The molecule has 1 fully saturated rings. The van der Waals surface area contributed by atoms with E-state index in [1.165, 1.54) is 6.07 Å². The van der Waals surface area contributed by atoms with E-state index in [1.54, 1.807) is 33.8 Å². The van der Waals surface area contributed by atoms with E-state index in [2.05, 4.69) is 15.6 Å². The molecule has 2 rings (SSSR count). The third-order valence-corrected chi connectivity index (χ3v) is 4.41. The Morgan fingerprint density at radius 1 is 1.31 bits per heavy atom. The molecule has 1 aromatic heterocycles. The minimum Gasteiger partial charge on any atom is -0.479 e. The summed E-state index contributed by atoms with van der Waals surface area (Å²) in [5.74, 6) is -3.75. The Morgan fingerprint density at radius 3 is 2.63 bits per heavy atom. The van der Waals surface area contributed by atoms with Crippen molar-refractivity contribution in [3.8, 4) is 0 Å². The number of allylic oxidation sites excluding steroid dienone is 1. The Kier molecular flexibility index (Phi) is 9.57. The first-order valence-corrected chi connectivity index (χ1v) is 11.2. The van der Waals surface area contributed by atoms with Crippen molar-refractivity contribution in [2.75, 3.05) is 25.1 Å². The summed E-state index contributed by atoms with van der Waals surface area (Å²) in [6, 6.07) is 1.35. The monoisotopic (exact) mass is 502 g/mol. The molecule has 35 heavy (non-hydrogen) atoms. The highest BCUT2D eigenvalue weighted by molar-refractivity contribution is 5.78. The SMILES string of the molecule is CC/C=C(\Nc1ccn(C2OC(COC(=O)CNC(=O)OC(C)(C)C)CC2(F)F)c(=O)n1)OCC. The molecular formula is C22H32F2N4O7. The fraction of sp³-hybridized carbons (Fsp3) is 0.636. The predicted octanol–water partition coefficient (Wildman–Crippen LogP) is 2.93. The number of alkyl halides is 2. The molecule has 1 saturated heterocycles. The van der Waals surface area contributed by atoms with Crippen LogP contribution >= 0.6 is 0 Å². The smallest absolute Gasteiger partial charge is 0.408 e. The normalized spacial score (nSPS) is 19.7. The summed E-state index contributed by atoms with van der Waals surface area (Å²) in [6.07, 6.45) is -1.11. The fourth-order valence-corrected chi connectivity index (χ4v) is 3.07. The molecule has 13 heteroatoms. The number of carbonyl (C=O) groups excluding carboxylic acids is 2. The fourth-order valence-electron chi connectivity index (χ4n) is 3.07. The van der Waals surface area contributed by atoms with E-state index in [4.69, 9.17) is 18.9 Å². The number of nitrogens with zero attached hydrogens (tertiary/aromatic N) is 2. The minimum atomic E-state index is -3.41. The third kappa shape index (κ3) is 8.81. The number of aromatic nitrogens is 2. The highest BCUT2D eigenvalue weighted by Gasteiger charge is 2.52. The highest BCUT2D eigenvalue weighted by Crippen LogP contribution is 2.41. The van der Waals surface area contributed by atoms with Gasteiger partial charge < -0.3 is 29.6 Å². The van der Waals surface area contributed by atoms with Crippen LogP contribution in [-0.2, 0) is 23.7 Å². The van der Waals surface area contributed by atoms with Crippen molar-refractivity contribution < 1.29 is 37.3 Å². The second-order valence-corrected chi connectivity index (χ2v) is 8.65. The lowest BCUT2D eigenvalue weighted by molar-refractivity contribution is -0.149. The second kappa shape index (κ2) is 12.0. The zero-order chi connectivity index (χ0) is 26.2. The number of hydrogen-bond donors (Lipinski definition) is 2. The van der Waals surface area contributed by atoms with E-state index in [0.717, 1.165) is 6.20 Å². The van der Waals surface area contributed by atoms with Gasteiger partial charge in [-0.15, -0.1) is 0 Å². The van der Waals surface area contributed by atoms with Crippen LogP contribution in [0.4, 0.5) is 19.4 Å². The minimum absolute atomic E-state index is 0.128. The van der Waals surface area contributed by atoms with Crippen LogP contribution in [0, 0.1) is 0 Å². The first-order valence-electron chi connectivity index (χ1n) is 11.2. The van der Waals surface area contributed by atoms with Gasteiger partial charge in [0.1, 0.15) is 30.7 Å². The van der Waals surface area contributed by atoms with Gasteiger partial charge in [0.25, 0.3) is 5.92 Å². The van der Waals surface area contributed by atoms with E-state index in [9.17, 15) is 23.2 Å². The largest absolute Gasteiger partial charge is 0.479 e. The molecule has 11 nitrogen and oxygen atoms in total. The molecule has 0 saturated carbocycles. The van der Waals surface area contributed by atoms with Gasteiger partial charge in [0.05, 0.1) is 6.61 Å². The van der Waals surface area contributed by atoms with Gasteiger partial charge in [0.15, 0.2) is 5.88 Å². The topological polar surface area (TPSA) is 130 Å². The number of hydrogen-bond acceptors (Lipinski definition) is 9. The van der Waals surface area contributed by atoms with Crippen LogP contribution in [0.25, 0.3) is 0 Å². The summed E-state index contributed by atoms with van der Waals surface area (Å²) in [5, 5.41) is 5.03. The molecule has 1 amide bonds. The van der Waals surface area contributed by atoms with E-state index >= 15 is 0 Å². The molecule has 0 bridgehead atoms. The average Bonchev–Trinajstić information content (AvgIpc) is 3.04. The van der Waals surface area contributed by atoms with Crippen molar-refractivity contribution in [2.24, 2.45) is 0 Å². The first-order chi connectivity index (χ1) is 16.3. The van der Waals surface area contributed by atoms with Crippen molar-refractivity contribution in [1.82, 2.24) is 14.9 Å². The summed E-state index contributed by atoms with van der Waals surface area (Å²) in [7, 11) is 0. The number of alkyl carbamates (subject to hydrolysis) is 1. The Bertz CT molecular complexity index is 975. The van der Waals surface area contributed by atoms with Crippen molar-refractivity contribution in [1.29, 1.82) is 0 Å². The number of rotatable bonds is 10. The van der Waals surface area contributed by atoms with Crippen LogP contribution in [-0.4, -0.2) is 59.0 Å². The maximum Gasteiger partial charge on any atom is 0.408 e. The summed E-state index contributed by atoms with van der Waals surface area (Å²) in [6.45, 7) is 8.07. The van der Waals surface area contributed by atoms with Crippen LogP contribution in [0.15, 0.2) is 29.0 Å². The zero-order valence-electron chi connectivity index (χ0n) is 20.4. The Hall–Kier alpha value is -3.22. The van der Waals surface area contributed by atoms with Gasteiger partial charge in [-0.25, -0.2) is 18.4 Å². The highest BCUT2D eigenvalue weighted by atomic mass is 19.3. The van der Waals surface area contributed by atoms with Crippen LogP contribution in [0.3, 0.4) is 0 Å². The molecule has 0 aromatic carbocycles. The summed E-state index contributed by atoms with van der Waals surface area (Å²) < 4.78 is 50.5. The number of amides is 1. The Labute approximate surface area is 201 Å². The van der Waals surface area contributed by atoms with Crippen molar-refractivity contribution in [3.63, 3.8) is 0 Å². The number of halogens is 2. The van der Waals surface area contributed by atoms with Crippen LogP contribution in [0.2, 0.25) is 0 Å². The average molecular weight is 503 g/mol. The molecule has 2 N–H and O–H groups in total. The summed E-state index contributed by atoms with van der Waals surface area (Å²) in [4.78, 5) is 39.6. The van der Waals surface area contributed by atoms with Gasteiger partial charge in [-0.05, 0) is 46.3 Å². The van der Waals surface area contributed by atoms with Gasteiger partial charge in [0.2, 0.25) is 6.23 Å². The number of anilines is 1. The first kappa shape index (κ1) is 28.0. The van der Waals surface area contributed by atoms with E-state index in [0.29, 0.717) is 23.5 Å². The molecule has 1 aliphatic rings. The molecule has 0 spiro atoms. The third-order valence-electron chi connectivity index (χ3n) is 4.41. The summed E-state index contributed by atoms with van der Waals surface area (Å²) in [5.41, 5.74) is -1.70. The maximum absolute atomic E-state index is 14.6. The van der Waals surface area contributed by atoms with Gasteiger partial charge >= 0.3 is 17.8 Å². The molecule has 0 radical (unpaired) electrons. The van der Waals surface area contributed by atoms with Gasteiger partial charge in [-0.2, -0.15) is 4.98 Å². The molecule has 2 atom stereocenters. The Balaban J connectivity index is 1.95.